The van der Waals surface area contributed by atoms with Gasteiger partial charge in [0.1, 0.15) is 0 Å². The second kappa shape index (κ2) is 7.51. The van der Waals surface area contributed by atoms with Crippen molar-refractivity contribution in [2.24, 2.45) is 0 Å². The molecule has 106 valence electrons. The van der Waals surface area contributed by atoms with E-state index in [0.29, 0.717) is 6.04 Å². The van der Waals surface area contributed by atoms with Gasteiger partial charge in [-0.1, -0.05) is 48.9 Å². The molecule has 0 fully saturated rings. The number of benzene rings is 2. The van der Waals surface area contributed by atoms with E-state index in [1.165, 1.54) is 21.6 Å². The first-order chi connectivity index (χ1) is 9.69. The van der Waals surface area contributed by atoms with Gasteiger partial charge in [0.15, 0.2) is 0 Å². The Labute approximate surface area is 126 Å². The van der Waals surface area contributed by atoms with Gasteiger partial charge in [-0.15, -0.1) is 11.8 Å². The predicted octanol–water partition coefficient (Wildman–Crippen LogP) is 4.96. The molecule has 0 saturated carbocycles. The smallest absolute Gasteiger partial charge is 0.0291 e. The largest absolute Gasteiger partial charge is 0.310 e. The molecular weight excluding hydrogens is 262 g/mol. The van der Waals surface area contributed by atoms with Gasteiger partial charge in [-0.3, -0.25) is 0 Å². The molecule has 0 aliphatic heterocycles. The van der Waals surface area contributed by atoms with E-state index in [9.17, 15) is 0 Å². The molecule has 0 aliphatic carbocycles. The number of rotatable bonds is 6. The average Bonchev–Trinajstić information content (AvgIpc) is 2.46. The van der Waals surface area contributed by atoms with E-state index < -0.39 is 0 Å². The van der Waals surface area contributed by atoms with Crippen LogP contribution in [0, 0.1) is 6.92 Å². The normalized spacial score (nSPS) is 12.3. The Bertz CT molecular complexity index is 533. The lowest BCUT2D eigenvalue weighted by Gasteiger charge is -2.13. The summed E-state index contributed by atoms with van der Waals surface area (Å²) < 4.78 is 0. The van der Waals surface area contributed by atoms with Crippen LogP contribution in [-0.2, 0) is 5.75 Å². The summed E-state index contributed by atoms with van der Waals surface area (Å²) >= 11 is 1.90. The van der Waals surface area contributed by atoms with Crippen LogP contribution in [0.5, 0.6) is 0 Å². The molecule has 1 unspecified atom stereocenters. The summed E-state index contributed by atoms with van der Waals surface area (Å²) in [6.07, 6.45) is 0. The maximum Gasteiger partial charge on any atom is 0.0291 e. The molecule has 0 aliphatic rings. The molecule has 1 atom stereocenters. The zero-order valence-electron chi connectivity index (χ0n) is 12.5. The van der Waals surface area contributed by atoms with Crippen LogP contribution in [-0.4, -0.2) is 6.54 Å². The van der Waals surface area contributed by atoms with Gasteiger partial charge in [0.25, 0.3) is 0 Å². The Morgan fingerprint density at radius 3 is 2.50 bits per heavy atom. The van der Waals surface area contributed by atoms with Gasteiger partial charge in [0, 0.05) is 16.7 Å². The zero-order valence-corrected chi connectivity index (χ0v) is 13.3. The first kappa shape index (κ1) is 15.1. The molecule has 2 heteroatoms. The maximum atomic E-state index is 3.44. The van der Waals surface area contributed by atoms with Crippen LogP contribution in [0.3, 0.4) is 0 Å². The molecule has 1 nitrogen and oxygen atoms in total. The molecule has 1 N–H and O–H groups in total. The molecule has 2 aromatic rings. The monoisotopic (exact) mass is 285 g/mol. The van der Waals surface area contributed by atoms with Gasteiger partial charge < -0.3 is 5.32 Å². The van der Waals surface area contributed by atoms with Gasteiger partial charge in [0.05, 0.1) is 0 Å². The number of aryl methyl sites for hydroxylation is 1. The Hall–Kier alpha value is -1.25. The number of hydrogen-bond acceptors (Lipinski definition) is 2. The highest BCUT2D eigenvalue weighted by Gasteiger charge is 2.03. The van der Waals surface area contributed by atoms with Crippen molar-refractivity contribution in [3.05, 3.63) is 65.2 Å². The molecule has 2 aromatic carbocycles. The fourth-order valence-electron chi connectivity index (χ4n) is 2.25. The molecule has 2 rings (SSSR count). The fourth-order valence-corrected chi connectivity index (χ4v) is 3.09. The standard InChI is InChI=1S/C18H23NS/c1-4-19-15(3)17-8-10-18(11-9-17)20-13-16-7-5-6-14(2)12-16/h5-12,15,19H,4,13H2,1-3H3. The molecule has 20 heavy (non-hydrogen) atoms. The second-order valence-electron chi connectivity index (χ2n) is 5.13. The minimum atomic E-state index is 0.427. The van der Waals surface area contributed by atoms with Crippen LogP contribution < -0.4 is 5.32 Å². The van der Waals surface area contributed by atoms with E-state index in [1.54, 1.807) is 0 Å². The number of thioether (sulfide) groups is 1. The summed E-state index contributed by atoms with van der Waals surface area (Å²) in [4.78, 5) is 1.33. The van der Waals surface area contributed by atoms with Gasteiger partial charge in [-0.2, -0.15) is 0 Å². The molecule has 0 amide bonds. The van der Waals surface area contributed by atoms with Crippen LogP contribution in [0.25, 0.3) is 0 Å². The summed E-state index contributed by atoms with van der Waals surface area (Å²) in [6, 6.07) is 18.1. The van der Waals surface area contributed by atoms with Crippen molar-refractivity contribution in [3.63, 3.8) is 0 Å². The Morgan fingerprint density at radius 1 is 1.10 bits per heavy atom. The van der Waals surface area contributed by atoms with Crippen molar-refractivity contribution in [1.29, 1.82) is 0 Å². The highest BCUT2D eigenvalue weighted by atomic mass is 32.2. The quantitative estimate of drug-likeness (QED) is 0.753. The lowest BCUT2D eigenvalue weighted by Crippen LogP contribution is -2.17. The van der Waals surface area contributed by atoms with Crippen molar-refractivity contribution >= 4 is 11.8 Å². The van der Waals surface area contributed by atoms with Crippen LogP contribution in [0.2, 0.25) is 0 Å². The van der Waals surface area contributed by atoms with Gasteiger partial charge in [0.2, 0.25) is 0 Å². The molecule has 0 saturated heterocycles. The van der Waals surface area contributed by atoms with E-state index >= 15 is 0 Å². The highest BCUT2D eigenvalue weighted by molar-refractivity contribution is 7.98. The molecular formula is C18H23NS. The average molecular weight is 285 g/mol. The number of nitrogens with one attached hydrogen (secondary N) is 1. The first-order valence-electron chi connectivity index (χ1n) is 7.20. The lowest BCUT2D eigenvalue weighted by atomic mass is 10.1. The summed E-state index contributed by atoms with van der Waals surface area (Å²) in [5, 5.41) is 3.44. The lowest BCUT2D eigenvalue weighted by molar-refractivity contribution is 0.598. The topological polar surface area (TPSA) is 12.0 Å². The van der Waals surface area contributed by atoms with Crippen LogP contribution >= 0.6 is 11.8 Å². The van der Waals surface area contributed by atoms with Crippen LogP contribution in [0.15, 0.2) is 53.4 Å². The van der Waals surface area contributed by atoms with E-state index in [2.05, 4.69) is 74.6 Å². The van der Waals surface area contributed by atoms with E-state index in [4.69, 9.17) is 0 Å². The second-order valence-corrected chi connectivity index (χ2v) is 6.17. The predicted molar refractivity (Wildman–Crippen MR) is 89.3 cm³/mol. The Morgan fingerprint density at radius 2 is 1.85 bits per heavy atom. The summed E-state index contributed by atoms with van der Waals surface area (Å²) in [5.41, 5.74) is 4.07. The third-order valence-electron chi connectivity index (χ3n) is 3.38. The SMILES string of the molecule is CCNC(C)c1ccc(SCc2cccc(C)c2)cc1. The van der Waals surface area contributed by atoms with E-state index in [1.807, 2.05) is 11.8 Å². The Kier molecular flexibility index (Phi) is 5.69. The fraction of sp³-hybridized carbons (Fsp3) is 0.333. The molecule has 0 spiro atoms. The Balaban J connectivity index is 1.94. The molecule has 0 aromatic heterocycles. The summed E-state index contributed by atoms with van der Waals surface area (Å²) in [6.45, 7) is 7.50. The molecule has 0 radical (unpaired) electrons. The molecule has 0 bridgehead atoms. The van der Waals surface area contributed by atoms with Crippen molar-refractivity contribution in [2.45, 2.75) is 37.5 Å². The molecule has 0 heterocycles. The minimum absolute atomic E-state index is 0.427. The summed E-state index contributed by atoms with van der Waals surface area (Å²) in [5.74, 6) is 1.03. The third-order valence-corrected chi connectivity index (χ3v) is 4.46. The van der Waals surface area contributed by atoms with Crippen molar-refractivity contribution < 1.29 is 0 Å². The van der Waals surface area contributed by atoms with E-state index in [-0.39, 0.29) is 0 Å². The van der Waals surface area contributed by atoms with Gasteiger partial charge in [-0.05, 0) is 43.7 Å². The van der Waals surface area contributed by atoms with Crippen molar-refractivity contribution in [3.8, 4) is 0 Å². The highest BCUT2D eigenvalue weighted by Crippen LogP contribution is 2.24. The minimum Gasteiger partial charge on any atom is -0.310 e. The maximum absolute atomic E-state index is 3.44. The first-order valence-corrected chi connectivity index (χ1v) is 8.19. The van der Waals surface area contributed by atoms with Gasteiger partial charge in [-0.25, -0.2) is 0 Å². The van der Waals surface area contributed by atoms with Crippen LogP contribution in [0.4, 0.5) is 0 Å². The number of hydrogen-bond donors (Lipinski definition) is 1. The van der Waals surface area contributed by atoms with Gasteiger partial charge >= 0.3 is 0 Å². The van der Waals surface area contributed by atoms with Crippen LogP contribution in [0.1, 0.15) is 36.6 Å². The summed E-state index contributed by atoms with van der Waals surface area (Å²) in [7, 11) is 0. The van der Waals surface area contributed by atoms with Crippen molar-refractivity contribution in [2.75, 3.05) is 6.54 Å². The third kappa shape index (κ3) is 4.39. The van der Waals surface area contributed by atoms with Crippen molar-refractivity contribution in [1.82, 2.24) is 5.32 Å². The zero-order chi connectivity index (χ0) is 14.4. The van der Waals surface area contributed by atoms with E-state index in [0.717, 1.165) is 12.3 Å².